The monoisotopic (exact) mass is 278 g/mol. The summed E-state index contributed by atoms with van der Waals surface area (Å²) in [6, 6.07) is 9.93. The maximum absolute atomic E-state index is 12.1. The van der Waals surface area contributed by atoms with Crippen molar-refractivity contribution >= 4 is 10.0 Å². The number of benzene rings is 1. The summed E-state index contributed by atoms with van der Waals surface area (Å²) < 4.78 is 26.6. The molecule has 7 heteroatoms. The van der Waals surface area contributed by atoms with Gasteiger partial charge in [0.1, 0.15) is 0 Å². The van der Waals surface area contributed by atoms with Gasteiger partial charge in [-0.1, -0.05) is 12.1 Å². The van der Waals surface area contributed by atoms with Crippen LogP contribution in [0.15, 0.2) is 47.5 Å². The highest BCUT2D eigenvalue weighted by Crippen LogP contribution is 2.11. The molecule has 0 spiro atoms. The summed E-state index contributed by atoms with van der Waals surface area (Å²) in [5.74, 6) is 0. The van der Waals surface area contributed by atoms with Gasteiger partial charge in [0, 0.05) is 12.7 Å². The summed E-state index contributed by atoms with van der Waals surface area (Å²) >= 11 is 0. The highest BCUT2D eigenvalue weighted by Gasteiger charge is 2.14. The summed E-state index contributed by atoms with van der Waals surface area (Å²) in [6.07, 6.45) is 1.53. The average molecular weight is 278 g/mol. The number of nitrogens with one attached hydrogen (secondary N) is 1. The third-order valence-electron chi connectivity index (χ3n) is 2.52. The minimum atomic E-state index is -3.56. The molecule has 0 aliphatic heterocycles. The lowest BCUT2D eigenvalue weighted by atomic mass is 10.2. The Bertz CT molecular complexity index is 644. The van der Waals surface area contributed by atoms with E-state index in [9.17, 15) is 8.42 Å². The van der Waals surface area contributed by atoms with Crippen molar-refractivity contribution in [2.75, 3.05) is 0 Å². The van der Waals surface area contributed by atoms with Crippen LogP contribution in [0.25, 0.3) is 0 Å². The molecule has 0 aliphatic carbocycles. The third kappa shape index (κ3) is 3.57. The molecule has 0 unspecified atom stereocenters. The van der Waals surface area contributed by atoms with Crippen LogP contribution in [0.2, 0.25) is 0 Å². The molecule has 0 atom stereocenters. The van der Waals surface area contributed by atoms with Crippen molar-refractivity contribution in [2.45, 2.75) is 18.0 Å². The van der Waals surface area contributed by atoms with Crippen LogP contribution < -0.4 is 10.5 Å². The first-order valence-corrected chi connectivity index (χ1v) is 7.15. The Morgan fingerprint density at radius 3 is 2.74 bits per heavy atom. The van der Waals surface area contributed by atoms with E-state index in [0.717, 1.165) is 5.56 Å². The molecule has 6 nitrogen and oxygen atoms in total. The first kappa shape index (κ1) is 13.6. The Kier molecular flexibility index (Phi) is 4.20. The van der Waals surface area contributed by atoms with Crippen LogP contribution in [0, 0.1) is 0 Å². The van der Waals surface area contributed by atoms with Crippen molar-refractivity contribution in [3.05, 3.63) is 53.9 Å². The van der Waals surface area contributed by atoms with Gasteiger partial charge in [0.2, 0.25) is 10.0 Å². The Morgan fingerprint density at radius 2 is 2.05 bits per heavy atom. The van der Waals surface area contributed by atoms with Gasteiger partial charge in [-0.25, -0.2) is 13.1 Å². The van der Waals surface area contributed by atoms with Crippen molar-refractivity contribution in [1.82, 2.24) is 14.9 Å². The molecule has 0 amide bonds. The van der Waals surface area contributed by atoms with E-state index in [2.05, 4.69) is 14.9 Å². The van der Waals surface area contributed by atoms with Crippen LogP contribution in [0.3, 0.4) is 0 Å². The molecule has 1 heterocycles. The molecular weight excluding hydrogens is 264 g/mol. The summed E-state index contributed by atoms with van der Waals surface area (Å²) in [4.78, 5) is 0.194. The van der Waals surface area contributed by atoms with E-state index in [1.54, 1.807) is 30.3 Å². The van der Waals surface area contributed by atoms with Crippen molar-refractivity contribution in [3.63, 3.8) is 0 Å². The predicted molar refractivity (Wildman–Crippen MR) is 70.4 cm³/mol. The molecule has 0 aliphatic rings. The molecule has 3 N–H and O–H groups in total. The van der Waals surface area contributed by atoms with E-state index in [0.29, 0.717) is 12.2 Å². The number of nitrogens with two attached hydrogens (primary N) is 1. The lowest BCUT2D eigenvalue weighted by Crippen LogP contribution is -2.24. The fourth-order valence-corrected chi connectivity index (χ4v) is 2.59. The van der Waals surface area contributed by atoms with Gasteiger partial charge in [-0.3, -0.25) is 0 Å². The molecule has 0 saturated heterocycles. The molecular formula is C12H14N4O2S. The lowest BCUT2D eigenvalue weighted by molar-refractivity contribution is 0.580. The Balaban J connectivity index is 2.14. The van der Waals surface area contributed by atoms with Gasteiger partial charge in [0.15, 0.2) is 0 Å². The zero-order valence-corrected chi connectivity index (χ0v) is 11.0. The quantitative estimate of drug-likeness (QED) is 0.825. The Morgan fingerprint density at radius 1 is 1.21 bits per heavy atom. The average Bonchev–Trinajstić information content (AvgIpc) is 2.46. The van der Waals surface area contributed by atoms with Gasteiger partial charge in [0.25, 0.3) is 0 Å². The van der Waals surface area contributed by atoms with Crippen molar-refractivity contribution in [2.24, 2.45) is 5.73 Å². The third-order valence-corrected chi connectivity index (χ3v) is 3.91. The summed E-state index contributed by atoms with van der Waals surface area (Å²) in [5, 5.41) is 7.50. The summed E-state index contributed by atoms with van der Waals surface area (Å²) in [6.45, 7) is 0.399. The standard InChI is InChI=1S/C12H14N4O2S/c13-8-10-3-1-5-12(7-10)19(17,18)15-9-11-4-2-6-14-16-11/h1-7,15H,8-9,13H2. The molecule has 2 aromatic rings. The fourth-order valence-electron chi connectivity index (χ4n) is 1.52. The number of nitrogens with zero attached hydrogens (tertiary/aromatic N) is 2. The molecule has 0 saturated carbocycles. The van der Waals surface area contributed by atoms with E-state index >= 15 is 0 Å². The van der Waals surface area contributed by atoms with Crippen LogP contribution >= 0.6 is 0 Å². The SMILES string of the molecule is NCc1cccc(S(=O)(=O)NCc2cccnn2)c1. The van der Waals surface area contributed by atoms with Crippen LogP contribution in [-0.2, 0) is 23.1 Å². The molecule has 100 valence electrons. The second kappa shape index (κ2) is 5.87. The van der Waals surface area contributed by atoms with E-state index in [-0.39, 0.29) is 11.4 Å². The molecule has 1 aromatic carbocycles. The van der Waals surface area contributed by atoms with E-state index in [1.165, 1.54) is 12.3 Å². The molecule has 1 aromatic heterocycles. The molecule has 0 fully saturated rings. The summed E-state index contributed by atoms with van der Waals surface area (Å²) in [7, 11) is -3.56. The van der Waals surface area contributed by atoms with Gasteiger partial charge >= 0.3 is 0 Å². The zero-order valence-electron chi connectivity index (χ0n) is 10.2. The van der Waals surface area contributed by atoms with Crippen molar-refractivity contribution < 1.29 is 8.42 Å². The molecule has 2 rings (SSSR count). The van der Waals surface area contributed by atoms with Gasteiger partial charge in [-0.2, -0.15) is 10.2 Å². The van der Waals surface area contributed by atoms with Crippen LogP contribution in [0.1, 0.15) is 11.3 Å². The van der Waals surface area contributed by atoms with Gasteiger partial charge in [0.05, 0.1) is 17.1 Å². The maximum atomic E-state index is 12.1. The van der Waals surface area contributed by atoms with Gasteiger partial charge in [-0.15, -0.1) is 0 Å². The molecule has 0 bridgehead atoms. The Hall–Kier alpha value is -1.83. The Labute approximate surface area is 111 Å². The fraction of sp³-hybridized carbons (Fsp3) is 0.167. The number of hydrogen-bond donors (Lipinski definition) is 2. The van der Waals surface area contributed by atoms with E-state index < -0.39 is 10.0 Å². The lowest BCUT2D eigenvalue weighted by Gasteiger charge is -2.07. The minimum Gasteiger partial charge on any atom is -0.326 e. The van der Waals surface area contributed by atoms with Crippen molar-refractivity contribution in [3.8, 4) is 0 Å². The largest absolute Gasteiger partial charge is 0.326 e. The minimum absolute atomic E-state index is 0.100. The number of aromatic nitrogens is 2. The van der Waals surface area contributed by atoms with E-state index in [4.69, 9.17) is 5.73 Å². The van der Waals surface area contributed by atoms with Crippen LogP contribution in [0.4, 0.5) is 0 Å². The first-order valence-electron chi connectivity index (χ1n) is 5.67. The zero-order chi connectivity index (χ0) is 13.7. The topological polar surface area (TPSA) is 98.0 Å². The highest BCUT2D eigenvalue weighted by molar-refractivity contribution is 7.89. The van der Waals surface area contributed by atoms with Crippen molar-refractivity contribution in [1.29, 1.82) is 0 Å². The second-order valence-corrected chi connectivity index (χ2v) is 5.66. The normalized spacial score (nSPS) is 11.4. The summed E-state index contributed by atoms with van der Waals surface area (Å²) in [5.41, 5.74) is 6.82. The van der Waals surface area contributed by atoms with Gasteiger partial charge in [-0.05, 0) is 29.8 Å². The smallest absolute Gasteiger partial charge is 0.240 e. The highest BCUT2D eigenvalue weighted by atomic mass is 32.2. The van der Waals surface area contributed by atoms with Crippen LogP contribution in [-0.4, -0.2) is 18.6 Å². The number of sulfonamides is 1. The van der Waals surface area contributed by atoms with Crippen LogP contribution in [0.5, 0.6) is 0 Å². The maximum Gasteiger partial charge on any atom is 0.240 e. The predicted octanol–water partition coefficient (Wildman–Crippen LogP) is 0.414. The first-order chi connectivity index (χ1) is 9.12. The molecule has 19 heavy (non-hydrogen) atoms. The molecule has 0 radical (unpaired) electrons. The van der Waals surface area contributed by atoms with Gasteiger partial charge < -0.3 is 5.73 Å². The number of rotatable bonds is 5. The van der Waals surface area contributed by atoms with E-state index in [1.807, 2.05) is 0 Å². The number of hydrogen-bond acceptors (Lipinski definition) is 5. The second-order valence-electron chi connectivity index (χ2n) is 3.89.